The van der Waals surface area contributed by atoms with E-state index in [0.29, 0.717) is 22.7 Å². The van der Waals surface area contributed by atoms with Crippen LogP contribution in [0.3, 0.4) is 0 Å². The Morgan fingerprint density at radius 2 is 2.14 bits per heavy atom. The van der Waals surface area contributed by atoms with E-state index in [4.69, 9.17) is 5.73 Å². The lowest BCUT2D eigenvalue weighted by Crippen LogP contribution is -2.30. The van der Waals surface area contributed by atoms with Crippen LogP contribution in [0.1, 0.15) is 36.6 Å². The maximum absolute atomic E-state index is 13.3. The molecule has 9 heteroatoms. The summed E-state index contributed by atoms with van der Waals surface area (Å²) in [4.78, 5) is 8.90. The van der Waals surface area contributed by atoms with Crippen molar-refractivity contribution in [3.63, 3.8) is 0 Å². The van der Waals surface area contributed by atoms with Gasteiger partial charge in [0.1, 0.15) is 5.60 Å². The number of imidazole rings is 1. The monoisotopic (exact) mass is 402 g/mol. The van der Waals surface area contributed by atoms with Crippen LogP contribution >= 0.6 is 0 Å². The molecule has 1 fully saturated rings. The third-order valence-corrected chi connectivity index (χ3v) is 5.69. The molecule has 3 aromatic rings. The van der Waals surface area contributed by atoms with E-state index in [1.165, 1.54) is 6.07 Å². The van der Waals surface area contributed by atoms with Crippen LogP contribution in [0.15, 0.2) is 30.6 Å². The number of fused-ring (bicyclic) bond motifs is 1. The van der Waals surface area contributed by atoms with E-state index in [1.807, 2.05) is 17.5 Å². The van der Waals surface area contributed by atoms with E-state index in [1.54, 1.807) is 18.3 Å². The number of benzene rings is 1. The molecule has 0 amide bonds. The fourth-order valence-electron chi connectivity index (χ4n) is 3.72. The molecule has 3 unspecified atom stereocenters. The van der Waals surface area contributed by atoms with Crippen molar-refractivity contribution < 1.29 is 13.9 Å². The average molecular weight is 402 g/mol. The van der Waals surface area contributed by atoms with Gasteiger partial charge in [-0.1, -0.05) is 12.1 Å². The van der Waals surface area contributed by atoms with Crippen molar-refractivity contribution in [1.29, 1.82) is 0 Å². The Balaban J connectivity index is 1.87. The normalized spacial score (nSPS) is 21.8. The minimum Gasteiger partial charge on any atom is -0.381 e. The van der Waals surface area contributed by atoms with Crippen LogP contribution < -0.4 is 16.6 Å². The van der Waals surface area contributed by atoms with E-state index in [2.05, 4.69) is 27.7 Å². The van der Waals surface area contributed by atoms with Crippen LogP contribution in [0.25, 0.3) is 16.9 Å². The quantitative estimate of drug-likeness (QED) is 0.535. The Kier molecular flexibility index (Phi) is 4.76. The zero-order valence-electron chi connectivity index (χ0n) is 16.4. The zero-order chi connectivity index (χ0) is 20.9. The highest BCUT2D eigenvalue weighted by Gasteiger charge is 2.35. The summed E-state index contributed by atoms with van der Waals surface area (Å²) in [6.07, 6.45) is 0.631. The number of aryl methyl sites for hydroxylation is 1. The van der Waals surface area contributed by atoms with Crippen LogP contribution in [-0.2, 0) is 5.60 Å². The van der Waals surface area contributed by atoms with E-state index < -0.39 is 12.0 Å². The fraction of sp³-hybridized carbons (Fsp3) is 0.400. The number of hydrogen-bond donors (Lipinski definition) is 4. The maximum Gasteiger partial charge on any atom is 0.270 e. The van der Waals surface area contributed by atoms with Crippen molar-refractivity contribution in [1.82, 2.24) is 25.2 Å². The van der Waals surface area contributed by atoms with Gasteiger partial charge < -0.3 is 10.8 Å². The van der Waals surface area contributed by atoms with Crippen LogP contribution in [0.4, 0.5) is 14.6 Å². The number of hydrogen-bond acceptors (Lipinski definition) is 6. The van der Waals surface area contributed by atoms with Crippen molar-refractivity contribution in [2.24, 2.45) is 0 Å². The first-order chi connectivity index (χ1) is 13.7. The lowest BCUT2D eigenvalue weighted by atomic mass is 9.92. The number of nitrogens with zero attached hydrogens (tertiary/aromatic N) is 3. The van der Waals surface area contributed by atoms with Crippen LogP contribution in [0.5, 0.6) is 0 Å². The average Bonchev–Trinajstić information content (AvgIpc) is 3.28. The van der Waals surface area contributed by atoms with Crippen LogP contribution in [0, 0.1) is 6.92 Å². The molecule has 2 aromatic heterocycles. The molecule has 5 N–H and O–H groups in total. The van der Waals surface area contributed by atoms with Gasteiger partial charge in [-0.25, -0.2) is 18.7 Å². The molecule has 1 aromatic carbocycles. The van der Waals surface area contributed by atoms with Crippen molar-refractivity contribution in [3.8, 4) is 11.3 Å². The topological polar surface area (TPSA) is 100 Å². The Hall–Kier alpha value is -2.62. The van der Waals surface area contributed by atoms with Crippen molar-refractivity contribution in [3.05, 3.63) is 47.4 Å². The van der Waals surface area contributed by atoms with Gasteiger partial charge in [0.25, 0.3) is 6.43 Å². The first-order valence-corrected chi connectivity index (χ1v) is 9.44. The summed E-state index contributed by atoms with van der Waals surface area (Å²) in [5.74, 6) is 0.435. The van der Waals surface area contributed by atoms with Crippen molar-refractivity contribution in [2.45, 2.75) is 44.8 Å². The molecular formula is C20H24F2N6O. The van der Waals surface area contributed by atoms with Gasteiger partial charge in [0, 0.05) is 30.3 Å². The first-order valence-electron chi connectivity index (χ1n) is 9.44. The Morgan fingerprint density at radius 3 is 2.79 bits per heavy atom. The summed E-state index contributed by atoms with van der Waals surface area (Å²) >= 11 is 0. The largest absolute Gasteiger partial charge is 0.381 e. The van der Waals surface area contributed by atoms with Crippen molar-refractivity contribution >= 4 is 11.5 Å². The third-order valence-electron chi connectivity index (χ3n) is 5.69. The molecule has 154 valence electrons. The number of anilines is 1. The Labute approximate surface area is 166 Å². The van der Waals surface area contributed by atoms with Gasteiger partial charge in [-0.05, 0) is 38.0 Å². The Morgan fingerprint density at radius 1 is 1.38 bits per heavy atom. The van der Waals surface area contributed by atoms with Crippen LogP contribution in [-0.4, -0.2) is 38.5 Å². The number of nitrogen functional groups attached to an aromatic ring is 1. The molecule has 0 spiro atoms. The molecule has 0 saturated carbocycles. The predicted octanol–water partition coefficient (Wildman–Crippen LogP) is 2.34. The summed E-state index contributed by atoms with van der Waals surface area (Å²) in [5, 5.41) is 10.2. The minimum atomic E-state index is -2.91. The van der Waals surface area contributed by atoms with E-state index in [9.17, 15) is 13.9 Å². The standard InChI is InChI=1S/C20H24F2N6O/c1-10-4-5-12(20(3,29)19(21)22)6-13(10)16-8-24-18-17(23)26-15(9-28(16)18)14-7-25-27-11(14)2/h4-6,8-9,11,14,19,25,27,29H,7H2,1-3H3,(H2,23,26). The van der Waals surface area contributed by atoms with E-state index >= 15 is 0 Å². The van der Waals surface area contributed by atoms with Gasteiger partial charge in [0.2, 0.25) is 0 Å². The van der Waals surface area contributed by atoms with Gasteiger partial charge >= 0.3 is 0 Å². The molecule has 4 rings (SSSR count). The second-order valence-electron chi connectivity index (χ2n) is 7.79. The zero-order valence-corrected chi connectivity index (χ0v) is 16.4. The maximum atomic E-state index is 13.3. The summed E-state index contributed by atoms with van der Waals surface area (Å²) < 4.78 is 28.5. The molecule has 0 bridgehead atoms. The molecule has 29 heavy (non-hydrogen) atoms. The fourth-order valence-corrected chi connectivity index (χ4v) is 3.72. The van der Waals surface area contributed by atoms with Gasteiger partial charge in [0.15, 0.2) is 11.5 Å². The minimum absolute atomic E-state index is 0.129. The Bertz CT molecular complexity index is 1060. The lowest BCUT2D eigenvalue weighted by Gasteiger charge is -2.24. The van der Waals surface area contributed by atoms with E-state index in [-0.39, 0.29) is 17.5 Å². The predicted molar refractivity (Wildman–Crippen MR) is 106 cm³/mol. The molecule has 3 heterocycles. The molecule has 1 aliphatic heterocycles. The summed E-state index contributed by atoms with van der Waals surface area (Å²) in [7, 11) is 0. The summed E-state index contributed by atoms with van der Waals surface area (Å²) in [6.45, 7) is 5.77. The molecule has 3 atom stereocenters. The smallest absolute Gasteiger partial charge is 0.270 e. The lowest BCUT2D eigenvalue weighted by molar-refractivity contribution is -0.0883. The molecular weight excluding hydrogens is 378 g/mol. The third kappa shape index (κ3) is 3.25. The van der Waals surface area contributed by atoms with Gasteiger partial charge in [-0.15, -0.1) is 0 Å². The van der Waals surface area contributed by atoms with Gasteiger partial charge in [0.05, 0.1) is 17.6 Å². The highest BCUT2D eigenvalue weighted by Crippen LogP contribution is 2.34. The highest BCUT2D eigenvalue weighted by atomic mass is 19.3. The number of rotatable bonds is 4. The number of hydrazine groups is 1. The van der Waals surface area contributed by atoms with Gasteiger partial charge in [-0.2, -0.15) is 0 Å². The summed E-state index contributed by atoms with van der Waals surface area (Å²) in [6, 6.07) is 5.01. The number of nitrogens with two attached hydrogens (primary N) is 1. The van der Waals surface area contributed by atoms with Crippen molar-refractivity contribution in [2.75, 3.05) is 12.3 Å². The van der Waals surface area contributed by atoms with E-state index in [0.717, 1.165) is 24.7 Å². The number of halogens is 2. The second-order valence-corrected chi connectivity index (χ2v) is 7.79. The molecule has 0 aliphatic carbocycles. The second kappa shape index (κ2) is 7.01. The first kappa shape index (κ1) is 19.7. The SMILES string of the molecule is Cc1ccc(C(C)(O)C(F)F)cc1-c1cnc2c(N)nc(C3CNNC3C)cn12. The number of alkyl halides is 2. The highest BCUT2D eigenvalue weighted by molar-refractivity contribution is 5.72. The van der Waals surface area contributed by atoms with Gasteiger partial charge in [-0.3, -0.25) is 15.3 Å². The molecule has 1 saturated heterocycles. The number of aromatic nitrogens is 3. The molecule has 7 nitrogen and oxygen atoms in total. The van der Waals surface area contributed by atoms with Crippen LogP contribution in [0.2, 0.25) is 0 Å². The number of nitrogens with one attached hydrogen (secondary N) is 2. The molecule has 0 radical (unpaired) electrons. The number of aliphatic hydroxyl groups is 1. The molecule has 1 aliphatic rings. The summed E-state index contributed by atoms with van der Waals surface area (Å²) in [5.41, 5.74) is 13.9.